The standard InChI is InChI=1S/2C41H40N5O.C29H28N2.2CH4BO2.2CH5BO2/c2*1-33(2)41(47)42-28-34-12-20-44(21-13-34)30-36-9-7-11-38(27-36)32-46-24-16-40(17-25-46)39-14-22-45(23-15-39)31-37-10-6-8-35(26-37)29-43-18-4-3-5-19-43;1-3-25-8-12-29(13-9-25)23-31-20-16-27(17-21-31)11-10-26-14-18-30(19-15-26)22-28-6-4-24(2)5-7-28;2*1-4-2-3;2*1-2(3)4/h2*3-27H,1,28-32H2,2H3;3-21H,1,22-23H2,2H3;2*3H,1H3;2*3-4H,1H3/q2*+3;+2;;;;/p+2/b;;11-10+;;;;. The maximum absolute atomic E-state index is 11.8. The van der Waals surface area contributed by atoms with E-state index in [1.54, 1.807) is 13.8 Å². The third-order valence-electron chi connectivity index (χ3n) is 21.9. The Hall–Kier alpha value is -15.3. The van der Waals surface area contributed by atoms with E-state index >= 15 is 0 Å². The molecule has 0 saturated carbocycles. The van der Waals surface area contributed by atoms with Crippen LogP contribution in [0.1, 0.15) is 103 Å². The smallest absolute Gasteiger partial charge is 0.429 e. The quantitative estimate of drug-likeness (QED) is 0.0110. The van der Waals surface area contributed by atoms with E-state index < -0.39 is 14.2 Å². The highest BCUT2D eigenvalue weighted by Crippen LogP contribution is 2.20. The lowest BCUT2D eigenvalue weighted by Crippen LogP contribution is -2.35. The Kier molecular flexibility index (Phi) is 45.1. The van der Waals surface area contributed by atoms with Gasteiger partial charge in [-0.15, -0.1) is 0 Å². The minimum atomic E-state index is -1.17. The summed E-state index contributed by atoms with van der Waals surface area (Å²) in [6.45, 7) is 28.6. The largest absolute Gasteiger partial charge is 0.484 e. The van der Waals surface area contributed by atoms with E-state index in [4.69, 9.17) is 30.1 Å². The monoisotopic (exact) mass is 1880 g/mol. The van der Waals surface area contributed by atoms with Crippen LogP contribution in [0.25, 0.3) is 40.5 Å². The van der Waals surface area contributed by atoms with Gasteiger partial charge < -0.3 is 50.1 Å². The van der Waals surface area contributed by atoms with Gasteiger partial charge in [-0.3, -0.25) is 9.59 Å². The Labute approximate surface area is 832 Å². The predicted molar refractivity (Wildman–Crippen MR) is 553 cm³/mol. The summed E-state index contributed by atoms with van der Waals surface area (Å²) in [6.07, 6.45) is 48.6. The summed E-state index contributed by atoms with van der Waals surface area (Å²) < 4.78 is 29.9. The molecule has 2 amide bonds. The number of carbonyl (C=O) groups is 2. The molecule has 0 aliphatic rings. The molecular weight excluding hydrogens is 1750 g/mol. The molecule has 710 valence electrons. The van der Waals surface area contributed by atoms with Gasteiger partial charge in [-0.05, 0) is 109 Å². The van der Waals surface area contributed by atoms with Crippen molar-refractivity contribution in [2.45, 2.75) is 113 Å². The first-order chi connectivity index (χ1) is 68.4. The van der Waals surface area contributed by atoms with Crippen LogP contribution in [0, 0.1) is 6.92 Å². The van der Waals surface area contributed by atoms with Crippen LogP contribution in [0.4, 0.5) is 0 Å². The zero-order chi connectivity index (χ0) is 100. The number of hydrogen-bond acceptors (Lipinski definition) is 10. The van der Waals surface area contributed by atoms with Gasteiger partial charge in [0, 0.05) is 215 Å². The van der Waals surface area contributed by atoms with E-state index in [9.17, 15) is 9.59 Å². The Morgan fingerprint density at radius 2 is 0.504 bits per heavy atom. The van der Waals surface area contributed by atoms with Crippen molar-refractivity contribution in [2.24, 2.45) is 0 Å². The molecular formula is C115H128B4N12O10+10. The van der Waals surface area contributed by atoms with E-state index in [0.29, 0.717) is 39.6 Å². The molecule has 0 atom stereocenters. The Morgan fingerprint density at radius 1 is 0.298 bits per heavy atom. The molecule has 0 spiro atoms. The lowest BCUT2D eigenvalue weighted by molar-refractivity contribution is -0.689. The second kappa shape index (κ2) is 59.1. The van der Waals surface area contributed by atoms with Crippen LogP contribution >= 0.6 is 0 Å². The highest BCUT2D eigenvalue weighted by atomic mass is 16.5. The highest BCUT2D eigenvalue weighted by molar-refractivity contribution is 6.39. The maximum atomic E-state index is 11.8. The fraction of sp³-hybridized carbons (Fsp3) is 0.165. The van der Waals surface area contributed by atoms with Crippen molar-refractivity contribution in [2.75, 3.05) is 14.2 Å². The molecule has 26 heteroatoms. The average molecular weight is 1880 g/mol. The number of aryl methyl sites for hydroxylation is 1. The second-order valence-corrected chi connectivity index (χ2v) is 33.9. The van der Waals surface area contributed by atoms with Crippen LogP contribution in [-0.4, -0.2) is 85.8 Å². The van der Waals surface area contributed by atoms with Gasteiger partial charge in [0.05, 0.1) is 0 Å². The molecule has 6 aromatic carbocycles. The average Bonchev–Trinajstić information content (AvgIpc) is 0.834. The Bertz CT molecular complexity index is 6220. The fourth-order valence-corrected chi connectivity index (χ4v) is 14.6. The van der Waals surface area contributed by atoms with Crippen molar-refractivity contribution in [3.8, 4) is 22.3 Å². The third-order valence-corrected chi connectivity index (χ3v) is 21.9. The van der Waals surface area contributed by atoms with Gasteiger partial charge in [-0.25, -0.2) is 45.7 Å². The highest BCUT2D eigenvalue weighted by Gasteiger charge is 2.17. The minimum Gasteiger partial charge on any atom is -0.429 e. The number of carbonyl (C=O) groups excluding carboxylic acids is 2. The molecule has 16 rings (SSSR count). The van der Waals surface area contributed by atoms with Gasteiger partial charge in [-0.2, -0.15) is 0 Å². The van der Waals surface area contributed by atoms with Gasteiger partial charge >= 0.3 is 29.6 Å². The normalized spacial score (nSPS) is 10.4. The lowest BCUT2D eigenvalue weighted by Gasteiger charge is -2.05. The van der Waals surface area contributed by atoms with Crippen molar-refractivity contribution in [1.82, 2.24) is 10.6 Å². The number of benzene rings is 6. The molecule has 0 bridgehead atoms. The summed E-state index contributed by atoms with van der Waals surface area (Å²) in [5, 5.41) is 51.3. The summed E-state index contributed by atoms with van der Waals surface area (Å²) in [7, 11) is 1.67. The first-order valence-electron chi connectivity index (χ1n) is 46.5. The van der Waals surface area contributed by atoms with Crippen molar-refractivity contribution >= 4 is 59.6 Å². The van der Waals surface area contributed by atoms with E-state index in [-0.39, 0.29) is 11.8 Å². The Morgan fingerprint density at radius 3 is 0.723 bits per heavy atom. The van der Waals surface area contributed by atoms with Gasteiger partial charge in [0.2, 0.25) is 11.8 Å². The predicted octanol–water partition coefficient (Wildman–Crippen LogP) is 11.8. The van der Waals surface area contributed by atoms with Gasteiger partial charge in [-0.1, -0.05) is 177 Å². The van der Waals surface area contributed by atoms with Crippen molar-refractivity contribution in [1.29, 1.82) is 0 Å². The summed E-state index contributed by atoms with van der Waals surface area (Å²) in [4.78, 5) is 23.5. The van der Waals surface area contributed by atoms with E-state index in [1.165, 1.54) is 122 Å². The summed E-state index contributed by atoms with van der Waals surface area (Å²) in [5.74, 6) is -0.238. The fourth-order valence-electron chi connectivity index (χ4n) is 14.6. The van der Waals surface area contributed by atoms with Gasteiger partial charge in [0.25, 0.3) is 0 Å². The van der Waals surface area contributed by atoms with Crippen LogP contribution < -0.4 is 56.3 Å². The first kappa shape index (κ1) is 108. The molecule has 10 aromatic heterocycles. The molecule has 8 N–H and O–H groups in total. The van der Waals surface area contributed by atoms with Crippen LogP contribution in [-0.2, 0) is 97.4 Å². The number of pyridine rings is 10. The maximum Gasteiger partial charge on any atom is 0.484 e. The van der Waals surface area contributed by atoms with Crippen molar-refractivity contribution in [3.05, 3.63) is 523 Å². The molecule has 0 aliphatic heterocycles. The molecule has 16 aromatic rings. The number of aromatic nitrogens is 10. The van der Waals surface area contributed by atoms with E-state index in [1.807, 2.05) is 42.5 Å². The molecule has 2 radical (unpaired) electrons. The van der Waals surface area contributed by atoms with Gasteiger partial charge in [0.1, 0.15) is 0 Å². The van der Waals surface area contributed by atoms with Crippen molar-refractivity contribution in [3.63, 3.8) is 0 Å². The van der Waals surface area contributed by atoms with Crippen LogP contribution in [0.5, 0.6) is 0 Å². The third kappa shape index (κ3) is 40.3. The molecule has 0 saturated heterocycles. The van der Waals surface area contributed by atoms with Gasteiger partial charge in [0.15, 0.2) is 189 Å². The lowest BCUT2D eigenvalue weighted by atomic mass is 9.99. The number of nitrogens with one attached hydrogen (secondary N) is 2. The number of hydrogen-bond donors (Lipinski definition) is 8. The van der Waals surface area contributed by atoms with E-state index in [2.05, 4.69) is 471 Å². The summed E-state index contributed by atoms with van der Waals surface area (Å²) >= 11 is 0. The molecule has 0 unspecified atom stereocenters. The summed E-state index contributed by atoms with van der Waals surface area (Å²) in [6, 6.07) is 98.9. The molecule has 0 fully saturated rings. The first-order valence-corrected chi connectivity index (χ1v) is 46.5. The van der Waals surface area contributed by atoms with Crippen LogP contribution in [0.15, 0.2) is 434 Å². The topological polar surface area (TPSA) is 237 Å². The van der Waals surface area contributed by atoms with Crippen LogP contribution in [0.3, 0.4) is 0 Å². The number of nitrogens with zero attached hydrogens (tertiary/aromatic N) is 10. The van der Waals surface area contributed by atoms with Crippen molar-refractivity contribution < 1.29 is 94.7 Å². The van der Waals surface area contributed by atoms with E-state index in [0.717, 1.165) is 82.1 Å². The molecule has 0 aliphatic carbocycles. The molecule has 10 heterocycles. The second-order valence-electron chi connectivity index (χ2n) is 33.9. The molecule has 141 heavy (non-hydrogen) atoms. The van der Waals surface area contributed by atoms with Crippen LogP contribution in [0.2, 0.25) is 13.6 Å². The number of rotatable bonds is 33. The zero-order valence-electron chi connectivity index (χ0n) is 81.5. The zero-order valence-corrected chi connectivity index (χ0v) is 81.5. The number of amides is 2. The minimum absolute atomic E-state index is 0.119. The molecule has 22 nitrogen and oxygen atoms in total. The Balaban J connectivity index is 0.000000205. The summed E-state index contributed by atoms with van der Waals surface area (Å²) in [5.41, 5.74) is 25.5. The SMILES string of the molecule is C=C(C)C(=O)NCc1cc[n+](Cc2cccc(C[n+]3ccc(-c4cc[n+](Cc5cccc(C[n+]6ccccc6)c5)cc4)cc3)c2)cc1.C=C(C)C(=O)NCc1cc[n+](Cc2cccc(C[n+]3ccc(-c4cc[n+](Cc5cccc(C[n+]6ccccc6)c5)cc4)cc3)c2)cc1.C=Cc1ccc(C[n+]2ccc(/C=C/c3cc[n+](Cc4ccc(C)cc4)cc3)cc2)cc1.CB(O)O.CB(O)O.CO[B]O.CO[B]O.